The highest BCUT2D eigenvalue weighted by Crippen LogP contribution is 2.26. The fraction of sp³-hybridized carbons (Fsp3) is 0.545. The number of benzene rings is 1. The second-order valence-electron chi connectivity index (χ2n) is 8.11. The lowest BCUT2D eigenvalue weighted by Gasteiger charge is -2.34. The van der Waals surface area contributed by atoms with E-state index in [0.29, 0.717) is 30.9 Å². The third-order valence-corrected chi connectivity index (χ3v) is 6.09. The quantitative estimate of drug-likeness (QED) is 0.806. The van der Waals surface area contributed by atoms with Gasteiger partial charge in [0.25, 0.3) is 5.91 Å². The van der Waals surface area contributed by atoms with Gasteiger partial charge < -0.3 is 24.4 Å². The van der Waals surface area contributed by atoms with Crippen molar-refractivity contribution in [3.8, 4) is 0 Å². The molecule has 0 saturated carbocycles. The molecule has 1 N–H and O–H groups in total. The number of halogens is 1. The van der Waals surface area contributed by atoms with Gasteiger partial charge in [-0.2, -0.15) is 0 Å². The summed E-state index contributed by atoms with van der Waals surface area (Å²) in [5.41, 5.74) is 0.749. The number of amides is 1. The summed E-state index contributed by atoms with van der Waals surface area (Å²) in [7, 11) is 2.05. The number of nitrogens with one attached hydrogen (secondary N) is 1. The number of hydrogen-bond acceptors (Lipinski definition) is 5. The van der Waals surface area contributed by atoms with Crippen molar-refractivity contribution in [2.45, 2.75) is 32.4 Å². The lowest BCUT2D eigenvalue weighted by atomic mass is 10.1. The predicted molar refractivity (Wildman–Crippen MR) is 115 cm³/mol. The number of carbonyl (C=O) groups excluding carboxylic acids is 1. The molecule has 0 unspecified atom stereocenters. The molecule has 4 rings (SSSR count). The van der Waals surface area contributed by atoms with Gasteiger partial charge in [-0.05, 0) is 38.9 Å². The summed E-state index contributed by atoms with van der Waals surface area (Å²) in [6.45, 7) is 6.78. The molecule has 30 heavy (non-hydrogen) atoms. The molecular weight excluding hydrogens is 387 g/mol. The Morgan fingerprint density at radius 3 is 2.70 bits per heavy atom. The van der Waals surface area contributed by atoms with Crippen LogP contribution in [0.25, 0.3) is 10.9 Å². The number of ether oxygens (including phenoxy) is 1. The molecule has 1 atom stereocenters. The number of nitrogens with zero attached hydrogens (tertiary/aromatic N) is 3. The van der Waals surface area contributed by atoms with Crippen LogP contribution in [0.5, 0.6) is 0 Å². The maximum atomic E-state index is 15.0. The molecule has 2 fully saturated rings. The molecule has 3 heterocycles. The highest BCUT2D eigenvalue weighted by Gasteiger charge is 2.22. The zero-order chi connectivity index (χ0) is 21.3. The Hall–Kier alpha value is -2.45. The fourth-order valence-electron chi connectivity index (χ4n) is 4.22. The van der Waals surface area contributed by atoms with Crippen molar-refractivity contribution in [3.05, 3.63) is 39.9 Å². The van der Waals surface area contributed by atoms with Gasteiger partial charge in [0.05, 0.1) is 17.3 Å². The Morgan fingerprint density at radius 1 is 1.27 bits per heavy atom. The van der Waals surface area contributed by atoms with Crippen molar-refractivity contribution in [3.63, 3.8) is 0 Å². The van der Waals surface area contributed by atoms with Crippen LogP contribution in [0.4, 0.5) is 10.1 Å². The highest BCUT2D eigenvalue weighted by molar-refractivity contribution is 5.97. The molecule has 2 aliphatic rings. The maximum Gasteiger partial charge on any atom is 0.256 e. The van der Waals surface area contributed by atoms with Crippen LogP contribution in [-0.4, -0.2) is 67.9 Å². The van der Waals surface area contributed by atoms with Crippen LogP contribution in [0, 0.1) is 5.82 Å². The average Bonchev–Trinajstić information content (AvgIpc) is 3.27. The Bertz CT molecular complexity index is 992. The molecule has 0 radical (unpaired) electrons. The number of likely N-dealkylation sites (N-methyl/N-ethyl adjacent to an activating group) is 1. The van der Waals surface area contributed by atoms with Gasteiger partial charge in [-0.25, -0.2) is 4.39 Å². The van der Waals surface area contributed by atoms with Crippen molar-refractivity contribution in [2.24, 2.45) is 0 Å². The summed E-state index contributed by atoms with van der Waals surface area (Å²) in [4.78, 5) is 29.9. The molecule has 0 aliphatic carbocycles. The van der Waals surface area contributed by atoms with E-state index >= 15 is 0 Å². The minimum absolute atomic E-state index is 0.00797. The summed E-state index contributed by atoms with van der Waals surface area (Å²) >= 11 is 0. The Morgan fingerprint density at radius 2 is 2.03 bits per heavy atom. The minimum Gasteiger partial charge on any atom is -0.376 e. The second-order valence-corrected chi connectivity index (χ2v) is 8.11. The van der Waals surface area contributed by atoms with E-state index < -0.39 is 17.2 Å². The average molecular weight is 416 g/mol. The summed E-state index contributed by atoms with van der Waals surface area (Å²) in [6, 6.07) is 3.03. The van der Waals surface area contributed by atoms with Crippen LogP contribution in [0.3, 0.4) is 0 Å². The predicted octanol–water partition coefficient (Wildman–Crippen LogP) is 1.82. The number of hydrogen-bond donors (Lipinski definition) is 1. The molecule has 1 amide bonds. The standard InChI is InChI=1S/C22H29FN4O3/c1-3-26-14-17(22(29)24-13-15-5-4-10-30-15)21(28)16-11-18(23)20(12-19(16)26)27-8-6-25(2)7-9-27/h11-12,14-15H,3-10,13H2,1-2H3,(H,24,29)/t15-/m0/s1. The van der Waals surface area contributed by atoms with Gasteiger partial charge in [0, 0.05) is 57.5 Å². The molecule has 1 aromatic heterocycles. The SMILES string of the molecule is CCn1cc(C(=O)NC[C@@H]2CCCO2)c(=O)c2cc(F)c(N3CCN(C)CC3)cc21. The van der Waals surface area contributed by atoms with E-state index in [0.717, 1.165) is 39.0 Å². The van der Waals surface area contributed by atoms with E-state index in [4.69, 9.17) is 4.74 Å². The Labute approximate surface area is 175 Å². The Kier molecular flexibility index (Phi) is 6.06. The van der Waals surface area contributed by atoms with Gasteiger partial charge >= 0.3 is 0 Å². The van der Waals surface area contributed by atoms with Crippen LogP contribution >= 0.6 is 0 Å². The lowest BCUT2D eigenvalue weighted by Crippen LogP contribution is -2.44. The van der Waals surface area contributed by atoms with Crippen LogP contribution in [0.15, 0.2) is 23.1 Å². The molecule has 0 bridgehead atoms. The van der Waals surface area contributed by atoms with E-state index in [1.165, 1.54) is 6.07 Å². The number of anilines is 1. The third kappa shape index (κ3) is 4.06. The summed E-state index contributed by atoms with van der Waals surface area (Å²) < 4.78 is 22.3. The third-order valence-electron chi connectivity index (χ3n) is 6.09. The number of rotatable bonds is 5. The molecule has 2 aromatic rings. The molecule has 162 valence electrons. The van der Waals surface area contributed by atoms with Crippen LogP contribution in [0.2, 0.25) is 0 Å². The van der Waals surface area contributed by atoms with E-state index in [9.17, 15) is 14.0 Å². The molecule has 0 spiro atoms. The van der Waals surface area contributed by atoms with Gasteiger partial charge in [0.2, 0.25) is 5.43 Å². The van der Waals surface area contributed by atoms with E-state index in [1.807, 2.05) is 23.4 Å². The number of piperazine rings is 1. The molecule has 2 aliphatic heterocycles. The van der Waals surface area contributed by atoms with Gasteiger partial charge in [0.1, 0.15) is 11.4 Å². The number of carbonyl (C=O) groups is 1. The maximum absolute atomic E-state index is 15.0. The number of aryl methyl sites for hydroxylation is 1. The van der Waals surface area contributed by atoms with Gasteiger partial charge in [-0.15, -0.1) is 0 Å². The first-order chi connectivity index (χ1) is 14.5. The van der Waals surface area contributed by atoms with Crippen molar-refractivity contribution in [1.29, 1.82) is 0 Å². The van der Waals surface area contributed by atoms with Crippen LogP contribution in [-0.2, 0) is 11.3 Å². The molecular formula is C22H29FN4O3. The number of aromatic nitrogens is 1. The fourth-order valence-corrected chi connectivity index (χ4v) is 4.22. The smallest absolute Gasteiger partial charge is 0.256 e. The first-order valence-electron chi connectivity index (χ1n) is 10.7. The van der Waals surface area contributed by atoms with Gasteiger partial charge in [-0.3, -0.25) is 9.59 Å². The Balaban J connectivity index is 1.67. The van der Waals surface area contributed by atoms with Crippen LogP contribution < -0.4 is 15.6 Å². The normalized spacial score (nSPS) is 20.1. The van der Waals surface area contributed by atoms with Crippen molar-refractivity contribution in [2.75, 3.05) is 51.3 Å². The molecule has 1 aromatic carbocycles. The summed E-state index contributed by atoms with van der Waals surface area (Å²) in [5, 5.41) is 3.03. The van der Waals surface area contributed by atoms with Gasteiger partial charge in [0.15, 0.2) is 0 Å². The zero-order valence-electron chi connectivity index (χ0n) is 17.6. The topological polar surface area (TPSA) is 66.8 Å². The van der Waals surface area contributed by atoms with E-state index in [1.54, 1.807) is 12.3 Å². The van der Waals surface area contributed by atoms with Crippen molar-refractivity contribution >= 4 is 22.5 Å². The van der Waals surface area contributed by atoms with E-state index in [-0.39, 0.29) is 17.1 Å². The summed E-state index contributed by atoms with van der Waals surface area (Å²) in [6.07, 6.45) is 3.46. The first-order valence-corrected chi connectivity index (χ1v) is 10.7. The first kappa shape index (κ1) is 20.8. The minimum atomic E-state index is -0.442. The molecule has 2 saturated heterocycles. The van der Waals surface area contributed by atoms with Crippen LogP contribution in [0.1, 0.15) is 30.1 Å². The second kappa shape index (κ2) is 8.73. The number of pyridine rings is 1. The largest absolute Gasteiger partial charge is 0.376 e. The number of fused-ring (bicyclic) bond motifs is 1. The van der Waals surface area contributed by atoms with E-state index in [2.05, 4.69) is 10.2 Å². The lowest BCUT2D eigenvalue weighted by molar-refractivity contribution is 0.0856. The van der Waals surface area contributed by atoms with Crippen molar-refractivity contribution < 1.29 is 13.9 Å². The van der Waals surface area contributed by atoms with Gasteiger partial charge in [-0.1, -0.05) is 0 Å². The monoisotopic (exact) mass is 416 g/mol. The zero-order valence-corrected chi connectivity index (χ0v) is 17.6. The summed E-state index contributed by atoms with van der Waals surface area (Å²) in [5.74, 6) is -0.869. The highest BCUT2D eigenvalue weighted by atomic mass is 19.1. The molecule has 8 heteroatoms. The molecule has 7 nitrogen and oxygen atoms in total. The van der Waals surface area contributed by atoms with Crippen molar-refractivity contribution in [1.82, 2.24) is 14.8 Å².